The summed E-state index contributed by atoms with van der Waals surface area (Å²) >= 11 is 5.27. The number of rotatable bonds is 6. The summed E-state index contributed by atoms with van der Waals surface area (Å²) in [4.78, 5) is 1.23. The van der Waals surface area contributed by atoms with Crippen molar-refractivity contribution in [1.29, 1.82) is 0 Å². The van der Waals surface area contributed by atoms with Crippen molar-refractivity contribution in [2.24, 2.45) is 11.8 Å². The molecule has 1 fully saturated rings. The molecule has 3 nitrogen and oxygen atoms in total. The molecule has 1 aliphatic rings. The topological polar surface area (TPSA) is 47.3 Å². The van der Waals surface area contributed by atoms with Crippen molar-refractivity contribution in [3.63, 3.8) is 0 Å². The van der Waals surface area contributed by atoms with Gasteiger partial charge in [-0.05, 0) is 53.1 Å². The molecule has 0 amide bonds. The molecule has 1 aromatic heterocycles. The minimum absolute atomic E-state index is 0.0989. The highest BCUT2D eigenvalue weighted by Crippen LogP contribution is 2.42. The van der Waals surface area contributed by atoms with Crippen molar-refractivity contribution in [3.05, 3.63) is 20.8 Å². The molecule has 0 aromatic carbocycles. The smallest absolute Gasteiger partial charge is 0.0828 e. The van der Waals surface area contributed by atoms with E-state index in [0.29, 0.717) is 5.92 Å². The van der Waals surface area contributed by atoms with Crippen molar-refractivity contribution in [2.75, 3.05) is 6.61 Å². The summed E-state index contributed by atoms with van der Waals surface area (Å²) in [6.45, 7) is 2.77. The van der Waals surface area contributed by atoms with Gasteiger partial charge in [-0.1, -0.05) is 0 Å². The summed E-state index contributed by atoms with van der Waals surface area (Å²) < 4.78 is 6.96. The molecule has 2 atom stereocenters. The predicted molar refractivity (Wildman–Crippen MR) is 70.2 cm³/mol. The SMILES string of the molecule is CCOC(C1CC1)C(NN)c1sccc1Br. The zero-order chi connectivity index (χ0) is 11.5. The summed E-state index contributed by atoms with van der Waals surface area (Å²) in [5.41, 5.74) is 2.91. The molecular weight excluding hydrogens is 288 g/mol. The van der Waals surface area contributed by atoms with Gasteiger partial charge in [0.05, 0.1) is 12.1 Å². The quantitative estimate of drug-likeness (QED) is 0.627. The maximum atomic E-state index is 5.84. The van der Waals surface area contributed by atoms with E-state index in [2.05, 4.69) is 32.8 Å². The van der Waals surface area contributed by atoms with Crippen LogP contribution in [0.15, 0.2) is 15.9 Å². The standard InChI is InChI=1S/C11H17BrN2OS/c1-2-15-10(7-3-4-7)9(14-13)11-8(12)5-6-16-11/h5-7,9-10,14H,2-4,13H2,1H3. The number of hydrogen-bond acceptors (Lipinski definition) is 4. The van der Waals surface area contributed by atoms with Gasteiger partial charge in [0.15, 0.2) is 0 Å². The molecule has 0 bridgehead atoms. The van der Waals surface area contributed by atoms with Crippen LogP contribution in [0.4, 0.5) is 0 Å². The monoisotopic (exact) mass is 304 g/mol. The number of thiophene rings is 1. The Bertz CT molecular complexity index is 340. The molecular formula is C11H17BrN2OS. The molecule has 1 aliphatic carbocycles. The fraction of sp³-hybridized carbons (Fsp3) is 0.636. The molecule has 90 valence electrons. The highest BCUT2D eigenvalue weighted by atomic mass is 79.9. The van der Waals surface area contributed by atoms with E-state index in [0.717, 1.165) is 11.1 Å². The van der Waals surface area contributed by atoms with Gasteiger partial charge in [-0.25, -0.2) is 5.43 Å². The lowest BCUT2D eigenvalue weighted by Gasteiger charge is -2.26. The van der Waals surface area contributed by atoms with Gasteiger partial charge >= 0.3 is 0 Å². The lowest BCUT2D eigenvalue weighted by atomic mass is 10.1. The van der Waals surface area contributed by atoms with Crippen LogP contribution in [0.5, 0.6) is 0 Å². The van der Waals surface area contributed by atoms with E-state index in [4.69, 9.17) is 10.6 Å². The average molecular weight is 305 g/mol. The van der Waals surface area contributed by atoms with Crippen molar-refractivity contribution in [2.45, 2.75) is 31.9 Å². The van der Waals surface area contributed by atoms with Crippen LogP contribution in [0.25, 0.3) is 0 Å². The predicted octanol–water partition coefficient (Wildman–Crippen LogP) is 2.83. The molecule has 1 aromatic rings. The summed E-state index contributed by atoms with van der Waals surface area (Å²) in [6.07, 6.45) is 2.71. The number of nitrogens with two attached hydrogens (primary N) is 1. The Labute approximate surface area is 108 Å². The van der Waals surface area contributed by atoms with Crippen LogP contribution in [-0.4, -0.2) is 12.7 Å². The highest BCUT2D eigenvalue weighted by Gasteiger charge is 2.38. The van der Waals surface area contributed by atoms with Crippen LogP contribution in [0, 0.1) is 5.92 Å². The number of hydrogen-bond donors (Lipinski definition) is 2. The van der Waals surface area contributed by atoms with Crippen molar-refractivity contribution < 1.29 is 4.74 Å². The lowest BCUT2D eigenvalue weighted by Crippen LogP contribution is -2.39. The van der Waals surface area contributed by atoms with Crippen LogP contribution in [0.1, 0.15) is 30.7 Å². The molecule has 0 radical (unpaired) electrons. The van der Waals surface area contributed by atoms with Gasteiger partial charge in [0, 0.05) is 16.0 Å². The number of hydrazine groups is 1. The minimum atomic E-state index is 0.0989. The first-order valence-corrected chi connectivity index (χ1v) is 7.25. The van der Waals surface area contributed by atoms with Gasteiger partial charge in [0.2, 0.25) is 0 Å². The summed E-state index contributed by atoms with van der Waals surface area (Å²) in [6, 6.07) is 2.15. The highest BCUT2D eigenvalue weighted by molar-refractivity contribution is 9.10. The molecule has 2 unspecified atom stereocenters. The third-order valence-electron chi connectivity index (χ3n) is 2.88. The summed E-state index contributed by atoms with van der Waals surface area (Å²) in [5, 5.41) is 2.07. The van der Waals surface area contributed by atoms with Crippen LogP contribution >= 0.6 is 27.3 Å². The van der Waals surface area contributed by atoms with Crippen molar-refractivity contribution in [3.8, 4) is 0 Å². The number of ether oxygens (including phenoxy) is 1. The van der Waals surface area contributed by atoms with E-state index in [9.17, 15) is 0 Å². The number of halogens is 1. The molecule has 1 heterocycles. The molecule has 0 aliphatic heterocycles. The van der Waals surface area contributed by atoms with Gasteiger partial charge in [-0.2, -0.15) is 0 Å². The second-order valence-electron chi connectivity index (χ2n) is 4.03. The zero-order valence-electron chi connectivity index (χ0n) is 9.28. The average Bonchev–Trinajstić information content (AvgIpc) is 3.03. The normalized spacial score (nSPS) is 19.7. The summed E-state index contributed by atoms with van der Waals surface area (Å²) in [7, 11) is 0. The van der Waals surface area contributed by atoms with Gasteiger partial charge < -0.3 is 4.74 Å². The molecule has 0 spiro atoms. The van der Waals surface area contributed by atoms with Gasteiger partial charge in [-0.3, -0.25) is 5.84 Å². The second-order valence-corrected chi connectivity index (χ2v) is 5.84. The van der Waals surface area contributed by atoms with E-state index in [1.165, 1.54) is 17.7 Å². The Hall–Kier alpha value is 0.0600. The fourth-order valence-corrected chi connectivity index (χ4v) is 3.68. The molecule has 1 saturated carbocycles. The van der Waals surface area contributed by atoms with Crippen LogP contribution in [0.3, 0.4) is 0 Å². The first kappa shape index (κ1) is 12.5. The molecule has 16 heavy (non-hydrogen) atoms. The maximum absolute atomic E-state index is 5.84. The second kappa shape index (κ2) is 5.60. The summed E-state index contributed by atoms with van der Waals surface area (Å²) in [5.74, 6) is 6.35. The van der Waals surface area contributed by atoms with E-state index in [1.807, 2.05) is 6.92 Å². The Morgan fingerprint density at radius 1 is 1.69 bits per heavy atom. The van der Waals surface area contributed by atoms with Crippen LogP contribution in [0.2, 0.25) is 0 Å². The van der Waals surface area contributed by atoms with Crippen molar-refractivity contribution in [1.82, 2.24) is 5.43 Å². The number of nitrogens with one attached hydrogen (secondary N) is 1. The Kier molecular flexibility index (Phi) is 4.38. The molecule has 5 heteroatoms. The molecule has 2 rings (SSSR count). The maximum Gasteiger partial charge on any atom is 0.0828 e. The van der Waals surface area contributed by atoms with Gasteiger partial charge in [-0.15, -0.1) is 11.3 Å². The van der Waals surface area contributed by atoms with Crippen LogP contribution < -0.4 is 11.3 Å². The first-order chi connectivity index (χ1) is 7.77. The van der Waals surface area contributed by atoms with E-state index >= 15 is 0 Å². The molecule has 0 saturated heterocycles. The third kappa shape index (κ3) is 2.65. The first-order valence-electron chi connectivity index (χ1n) is 5.58. The third-order valence-corrected chi connectivity index (χ3v) is 4.83. The fourth-order valence-electron chi connectivity index (χ4n) is 1.97. The van der Waals surface area contributed by atoms with Crippen molar-refractivity contribution >= 4 is 27.3 Å². The van der Waals surface area contributed by atoms with E-state index in [-0.39, 0.29) is 12.1 Å². The van der Waals surface area contributed by atoms with E-state index < -0.39 is 0 Å². The van der Waals surface area contributed by atoms with E-state index in [1.54, 1.807) is 11.3 Å². The van der Waals surface area contributed by atoms with Gasteiger partial charge in [0.25, 0.3) is 0 Å². The largest absolute Gasteiger partial charge is 0.376 e. The zero-order valence-corrected chi connectivity index (χ0v) is 11.7. The Morgan fingerprint density at radius 2 is 2.44 bits per heavy atom. The lowest BCUT2D eigenvalue weighted by molar-refractivity contribution is 0.0193. The Morgan fingerprint density at radius 3 is 2.88 bits per heavy atom. The Balaban J connectivity index is 2.16. The molecule has 3 N–H and O–H groups in total. The van der Waals surface area contributed by atoms with Crippen LogP contribution in [-0.2, 0) is 4.74 Å². The van der Waals surface area contributed by atoms with Gasteiger partial charge in [0.1, 0.15) is 0 Å². The minimum Gasteiger partial charge on any atom is -0.376 e.